The van der Waals surface area contributed by atoms with E-state index in [9.17, 15) is 19.9 Å². The van der Waals surface area contributed by atoms with Gasteiger partial charge in [-0.15, -0.1) is 5.10 Å². The molecule has 0 fully saturated rings. The highest BCUT2D eigenvalue weighted by atomic mass is 16.5. The predicted molar refractivity (Wildman–Crippen MR) is 111 cm³/mol. The van der Waals surface area contributed by atoms with Gasteiger partial charge in [0.15, 0.2) is 11.6 Å². The van der Waals surface area contributed by atoms with Gasteiger partial charge in [0, 0.05) is 11.1 Å². The predicted octanol–water partition coefficient (Wildman–Crippen LogP) is 2.34. The third kappa shape index (κ3) is 2.88. The first-order chi connectivity index (χ1) is 15.0. The molecule has 1 heterocycles. The number of rotatable bonds is 3. The Kier molecular flexibility index (Phi) is 4.30. The maximum absolute atomic E-state index is 13.4. The zero-order valence-corrected chi connectivity index (χ0v) is 16.6. The summed E-state index contributed by atoms with van der Waals surface area (Å²) in [6, 6.07) is 15.7. The summed E-state index contributed by atoms with van der Waals surface area (Å²) in [5.74, 6) is -0.676. The van der Waals surface area contributed by atoms with E-state index >= 15 is 0 Å². The zero-order chi connectivity index (χ0) is 21.7. The molecule has 2 aliphatic carbocycles. The van der Waals surface area contributed by atoms with Gasteiger partial charge in [0.25, 0.3) is 0 Å². The molecule has 2 N–H and O–H groups in total. The Morgan fingerprint density at radius 2 is 1.68 bits per heavy atom. The number of aromatic nitrogens is 3. The zero-order valence-electron chi connectivity index (χ0n) is 16.6. The Morgan fingerprint density at radius 3 is 2.35 bits per heavy atom. The van der Waals surface area contributed by atoms with Gasteiger partial charge < -0.3 is 10.3 Å². The van der Waals surface area contributed by atoms with E-state index in [-0.39, 0.29) is 47.1 Å². The van der Waals surface area contributed by atoms with Crippen LogP contribution in [0.2, 0.25) is 0 Å². The maximum Gasteiger partial charge on any atom is 0.196 e. The summed E-state index contributed by atoms with van der Waals surface area (Å²) >= 11 is 0. The van der Waals surface area contributed by atoms with Gasteiger partial charge >= 0.3 is 0 Å². The molecule has 2 aromatic rings. The second-order valence-corrected chi connectivity index (χ2v) is 7.38. The van der Waals surface area contributed by atoms with E-state index in [0.717, 1.165) is 5.56 Å². The summed E-state index contributed by atoms with van der Waals surface area (Å²) in [7, 11) is 0. The molecule has 8 nitrogen and oxygen atoms in total. The largest absolute Gasteiger partial charge is 0.398 e. The van der Waals surface area contributed by atoms with Crippen molar-refractivity contribution >= 4 is 17.3 Å². The molecule has 0 saturated heterocycles. The molecule has 3 aliphatic rings. The quantitative estimate of drug-likeness (QED) is 0.441. The van der Waals surface area contributed by atoms with Crippen LogP contribution in [0.4, 0.5) is 5.69 Å². The lowest BCUT2D eigenvalue weighted by atomic mass is 9.81. The fourth-order valence-corrected chi connectivity index (χ4v) is 4.01. The highest BCUT2D eigenvalue weighted by molar-refractivity contribution is 6.30. The summed E-state index contributed by atoms with van der Waals surface area (Å²) < 4.78 is 1.32. The van der Waals surface area contributed by atoms with Crippen LogP contribution < -0.4 is 5.36 Å². The average Bonchev–Trinajstić information content (AvgIpc) is 3.07. The summed E-state index contributed by atoms with van der Waals surface area (Å²) in [6.07, 6.45) is 0. The van der Waals surface area contributed by atoms with E-state index in [0.29, 0.717) is 27.3 Å². The summed E-state index contributed by atoms with van der Waals surface area (Å²) in [4.78, 5) is 32.1. The summed E-state index contributed by atoms with van der Waals surface area (Å²) in [5, 5.41) is 24.0. The average molecular weight is 414 g/mol. The van der Waals surface area contributed by atoms with Crippen molar-refractivity contribution in [1.29, 1.82) is 0 Å². The van der Waals surface area contributed by atoms with Crippen LogP contribution >= 0.6 is 0 Å². The van der Waals surface area contributed by atoms with Gasteiger partial charge in [0.05, 0.1) is 41.0 Å². The van der Waals surface area contributed by atoms with Crippen molar-refractivity contribution in [3.05, 3.63) is 87.8 Å². The van der Waals surface area contributed by atoms with Gasteiger partial charge in [0.1, 0.15) is 5.69 Å². The van der Waals surface area contributed by atoms with Crippen molar-refractivity contribution in [3.63, 3.8) is 0 Å². The van der Waals surface area contributed by atoms with Crippen molar-refractivity contribution < 1.29 is 19.9 Å². The Labute approximate surface area is 176 Å². The standard InChI is InChI=1S/C23H18N4O4/c1-13-5-4-6-14(11-13)24-17-12-18-21(25-27(31)26(18)9-10-28)20-19(17)22(29)15-7-2-3-8-16(15)23(20)30/h2-8,11-12,28,31H,9-10H2,1H3. The number of nitrogens with zero attached hydrogens (tertiary/aromatic N) is 4. The molecule has 0 unspecified atom stereocenters. The first-order valence-electron chi connectivity index (χ1n) is 9.76. The number of fused-ring (bicyclic) bond motifs is 4. The molecule has 31 heavy (non-hydrogen) atoms. The smallest absolute Gasteiger partial charge is 0.196 e. The van der Waals surface area contributed by atoms with E-state index in [1.807, 2.05) is 31.2 Å². The molecule has 0 spiro atoms. The SMILES string of the molecule is Cc1cccc(N=c2cc3n(CCO)n(O)nc-3c3c2C(=O)c2ccccc2C3=O)c1. The molecule has 5 rings (SSSR count). The minimum atomic E-state index is -0.356. The molecule has 0 atom stereocenters. The van der Waals surface area contributed by atoms with Crippen molar-refractivity contribution in [2.45, 2.75) is 13.5 Å². The Bertz CT molecular complexity index is 1410. The highest BCUT2D eigenvalue weighted by Crippen LogP contribution is 2.33. The number of benzene rings is 3. The van der Waals surface area contributed by atoms with Crippen molar-refractivity contribution in [1.82, 2.24) is 14.7 Å². The highest BCUT2D eigenvalue weighted by Gasteiger charge is 2.36. The van der Waals surface area contributed by atoms with Gasteiger partial charge in [-0.2, -0.15) is 0 Å². The fourth-order valence-electron chi connectivity index (χ4n) is 4.01. The van der Waals surface area contributed by atoms with E-state index in [1.54, 1.807) is 30.3 Å². The van der Waals surface area contributed by atoms with Crippen molar-refractivity contribution in [2.75, 3.05) is 6.61 Å². The van der Waals surface area contributed by atoms with Crippen LogP contribution in [0.1, 0.15) is 37.4 Å². The van der Waals surface area contributed by atoms with Crippen LogP contribution in [0.25, 0.3) is 11.4 Å². The molecular weight excluding hydrogens is 396 g/mol. The van der Waals surface area contributed by atoms with Crippen molar-refractivity contribution in [2.24, 2.45) is 4.99 Å². The Hall–Kier alpha value is -4.04. The van der Waals surface area contributed by atoms with E-state index in [4.69, 9.17) is 0 Å². The molecule has 8 heteroatoms. The van der Waals surface area contributed by atoms with Crippen LogP contribution in [-0.4, -0.2) is 43.2 Å². The number of aryl methyl sites for hydroxylation is 1. The fraction of sp³-hybridized carbons (Fsp3) is 0.130. The molecule has 0 saturated carbocycles. The molecule has 0 amide bonds. The minimum Gasteiger partial charge on any atom is -0.398 e. The maximum atomic E-state index is 13.4. The lowest BCUT2D eigenvalue weighted by molar-refractivity contribution is 0.0677. The van der Waals surface area contributed by atoms with Crippen LogP contribution in [-0.2, 0) is 6.54 Å². The van der Waals surface area contributed by atoms with Crippen LogP contribution in [0.5, 0.6) is 0 Å². The number of aliphatic hydroxyl groups excluding tert-OH is 1. The number of aliphatic hydroxyl groups is 1. The van der Waals surface area contributed by atoms with Gasteiger partial charge in [-0.3, -0.25) is 9.59 Å². The topological polar surface area (TPSA) is 110 Å². The third-order valence-electron chi connectivity index (χ3n) is 5.38. The first kappa shape index (κ1) is 19.0. The molecule has 1 aliphatic heterocycles. The Balaban J connectivity index is 1.91. The monoisotopic (exact) mass is 414 g/mol. The lowest BCUT2D eigenvalue weighted by Crippen LogP contribution is -2.30. The van der Waals surface area contributed by atoms with E-state index in [2.05, 4.69) is 10.1 Å². The molecule has 0 radical (unpaired) electrons. The first-order valence-corrected chi connectivity index (χ1v) is 9.76. The second-order valence-electron chi connectivity index (χ2n) is 7.38. The van der Waals surface area contributed by atoms with Crippen LogP contribution in [0.15, 0.2) is 59.6 Å². The van der Waals surface area contributed by atoms with Gasteiger partial charge in [0.2, 0.25) is 0 Å². The third-order valence-corrected chi connectivity index (χ3v) is 5.38. The van der Waals surface area contributed by atoms with E-state index in [1.165, 1.54) is 4.68 Å². The number of carbonyl (C=O) groups is 2. The number of hydrogen-bond acceptors (Lipinski definition) is 6. The van der Waals surface area contributed by atoms with E-state index < -0.39 is 0 Å². The summed E-state index contributed by atoms with van der Waals surface area (Å²) in [5.41, 5.74) is 3.07. The van der Waals surface area contributed by atoms with Crippen molar-refractivity contribution in [3.8, 4) is 11.4 Å². The molecular formula is C23H18N4O4. The molecule has 2 aromatic carbocycles. The van der Waals surface area contributed by atoms with Gasteiger partial charge in [-0.05, 0) is 35.6 Å². The lowest BCUT2D eigenvalue weighted by Gasteiger charge is -2.19. The minimum absolute atomic E-state index is 0.0500. The Morgan fingerprint density at radius 1 is 0.968 bits per heavy atom. The second kappa shape index (κ2) is 7.03. The van der Waals surface area contributed by atoms with Crippen LogP contribution in [0, 0.1) is 6.92 Å². The number of hydrogen-bond donors (Lipinski definition) is 2. The molecule has 0 bridgehead atoms. The number of carbonyl (C=O) groups excluding carboxylic acids is 2. The number of ketones is 2. The summed E-state index contributed by atoms with van der Waals surface area (Å²) in [6.45, 7) is 1.74. The molecule has 0 aromatic heterocycles. The van der Waals surface area contributed by atoms with Gasteiger partial charge in [-0.1, -0.05) is 36.4 Å². The van der Waals surface area contributed by atoms with Gasteiger partial charge in [-0.25, -0.2) is 9.67 Å². The molecule has 154 valence electrons. The van der Waals surface area contributed by atoms with Crippen LogP contribution in [0.3, 0.4) is 0 Å². The normalized spacial score (nSPS) is 13.5.